The molecule has 0 spiro atoms. The summed E-state index contributed by atoms with van der Waals surface area (Å²) in [6, 6.07) is 13.2. The average Bonchev–Trinajstić information content (AvgIpc) is 2.58. The lowest BCUT2D eigenvalue weighted by Gasteiger charge is -2.26. The van der Waals surface area contributed by atoms with Gasteiger partial charge < -0.3 is 14.8 Å². The van der Waals surface area contributed by atoms with E-state index in [0.717, 1.165) is 12.3 Å². The van der Waals surface area contributed by atoms with Crippen LogP contribution in [-0.2, 0) is 16.7 Å². The Morgan fingerprint density at radius 3 is 2.25 bits per heavy atom. The van der Waals surface area contributed by atoms with Gasteiger partial charge in [-0.05, 0) is 55.6 Å². The molecule has 2 aromatic rings. The van der Waals surface area contributed by atoms with E-state index < -0.39 is 0 Å². The molecule has 2 rings (SSSR count). The summed E-state index contributed by atoms with van der Waals surface area (Å²) in [4.78, 5) is 0. The maximum absolute atomic E-state index is 6.09. The van der Waals surface area contributed by atoms with Gasteiger partial charge in [0.2, 0.25) is 0 Å². The number of aryl methyl sites for hydroxylation is 1. The van der Waals surface area contributed by atoms with Crippen molar-refractivity contribution in [2.24, 2.45) is 0 Å². The lowest BCUT2D eigenvalue weighted by Crippen LogP contribution is -2.36. The summed E-state index contributed by atoms with van der Waals surface area (Å²) in [7, 11) is 2.20. The predicted octanol–water partition coefficient (Wildman–Crippen LogP) is 4.79. The number of hydrogen-bond donors (Lipinski definition) is 1. The van der Waals surface area contributed by atoms with Crippen LogP contribution in [0.15, 0.2) is 36.4 Å². The van der Waals surface area contributed by atoms with Crippen LogP contribution in [-0.4, -0.2) is 19.4 Å². The third-order valence-electron chi connectivity index (χ3n) is 4.46. The second-order valence-electron chi connectivity index (χ2n) is 9.38. The van der Waals surface area contributed by atoms with Crippen LogP contribution in [0.5, 0.6) is 5.75 Å². The molecule has 0 aromatic heterocycles. The molecule has 0 amide bonds. The Morgan fingerprint density at radius 1 is 0.964 bits per heavy atom. The fraction of sp³-hybridized carbons (Fsp3) is 0.500. The monoisotopic (exact) mass is 401 g/mol. The van der Waals surface area contributed by atoms with Crippen LogP contribution >= 0.6 is 8.58 Å². The number of methoxy groups -OCH3 is 1. The predicted molar refractivity (Wildman–Crippen MR) is 123 cm³/mol. The van der Waals surface area contributed by atoms with E-state index in [4.69, 9.17) is 9.47 Å². The van der Waals surface area contributed by atoms with Crippen LogP contribution < -0.4 is 20.7 Å². The Balaban J connectivity index is 2.44. The van der Waals surface area contributed by atoms with E-state index >= 15 is 0 Å². The zero-order chi connectivity index (χ0) is 20.9. The van der Waals surface area contributed by atoms with E-state index in [1.807, 2.05) is 0 Å². The summed E-state index contributed by atoms with van der Waals surface area (Å²) in [5, 5.41) is 6.21. The summed E-state index contributed by atoms with van der Waals surface area (Å²) >= 11 is 0. The largest absolute Gasteiger partial charge is 0.467 e. The van der Waals surface area contributed by atoms with Crippen molar-refractivity contribution in [3.8, 4) is 5.75 Å². The standard InChI is InChI=1S/C24H36NO2P/c1-17-13-19(23(2,3)4)22(27-16-26-8)21(14-17)28-20-12-10-9-11-18(20)15-25-24(5,6)7/h9-14,25,28H,15-16H2,1-8H3. The minimum Gasteiger partial charge on any atom is -0.467 e. The molecule has 0 aliphatic heterocycles. The number of ether oxygens (including phenoxy) is 2. The van der Waals surface area contributed by atoms with Gasteiger partial charge in [0, 0.05) is 30.1 Å². The summed E-state index contributed by atoms with van der Waals surface area (Å²) in [6.45, 7) is 16.6. The number of rotatable bonds is 7. The molecule has 154 valence electrons. The Labute approximate surface area is 173 Å². The topological polar surface area (TPSA) is 30.5 Å². The first kappa shape index (κ1) is 22.9. The highest BCUT2D eigenvalue weighted by Gasteiger charge is 2.23. The molecule has 0 radical (unpaired) electrons. The van der Waals surface area contributed by atoms with Gasteiger partial charge >= 0.3 is 0 Å². The molecule has 1 N–H and O–H groups in total. The summed E-state index contributed by atoms with van der Waals surface area (Å²) in [5.41, 5.74) is 3.93. The van der Waals surface area contributed by atoms with Crippen molar-refractivity contribution >= 4 is 19.2 Å². The van der Waals surface area contributed by atoms with Gasteiger partial charge in [0.1, 0.15) is 5.75 Å². The number of hydrogen-bond acceptors (Lipinski definition) is 3. The highest BCUT2D eigenvalue weighted by atomic mass is 31.1. The summed E-state index contributed by atoms with van der Waals surface area (Å²) in [5.74, 6) is 0.969. The van der Waals surface area contributed by atoms with E-state index in [0.29, 0.717) is 8.58 Å². The molecule has 0 saturated carbocycles. The third-order valence-corrected chi connectivity index (χ3v) is 5.86. The van der Waals surface area contributed by atoms with Crippen molar-refractivity contribution in [1.29, 1.82) is 0 Å². The summed E-state index contributed by atoms with van der Waals surface area (Å²) < 4.78 is 11.3. The van der Waals surface area contributed by atoms with E-state index in [1.165, 1.54) is 27.3 Å². The maximum atomic E-state index is 6.09. The van der Waals surface area contributed by atoms with Gasteiger partial charge in [-0.25, -0.2) is 0 Å². The molecular formula is C24H36NO2P. The van der Waals surface area contributed by atoms with Crippen molar-refractivity contribution in [3.63, 3.8) is 0 Å². The van der Waals surface area contributed by atoms with Gasteiger partial charge in [-0.15, -0.1) is 0 Å². The fourth-order valence-corrected chi connectivity index (χ4v) is 4.42. The fourth-order valence-electron chi connectivity index (χ4n) is 3.00. The van der Waals surface area contributed by atoms with Crippen molar-refractivity contribution in [3.05, 3.63) is 53.1 Å². The van der Waals surface area contributed by atoms with Crippen LogP contribution in [0, 0.1) is 6.92 Å². The quantitative estimate of drug-likeness (QED) is 0.534. The zero-order valence-electron chi connectivity index (χ0n) is 18.7. The Hall–Kier alpha value is -1.41. The van der Waals surface area contributed by atoms with Crippen molar-refractivity contribution in [1.82, 2.24) is 5.32 Å². The highest BCUT2D eigenvalue weighted by molar-refractivity contribution is 7.55. The van der Waals surface area contributed by atoms with Crippen LogP contribution in [0.2, 0.25) is 0 Å². The molecular weight excluding hydrogens is 365 g/mol. The maximum Gasteiger partial charge on any atom is 0.188 e. The smallest absolute Gasteiger partial charge is 0.188 e. The Bertz CT molecular complexity index is 788. The normalized spacial score (nSPS) is 12.7. The minimum absolute atomic E-state index is 0.00162. The molecule has 0 aliphatic carbocycles. The second kappa shape index (κ2) is 9.39. The van der Waals surface area contributed by atoms with Crippen LogP contribution in [0.3, 0.4) is 0 Å². The Kier molecular flexibility index (Phi) is 7.67. The Morgan fingerprint density at radius 2 is 1.64 bits per heavy atom. The molecule has 0 saturated heterocycles. The van der Waals surface area contributed by atoms with Crippen molar-refractivity contribution < 1.29 is 9.47 Å². The van der Waals surface area contributed by atoms with Crippen molar-refractivity contribution in [2.75, 3.05) is 13.9 Å². The van der Waals surface area contributed by atoms with Gasteiger partial charge in [-0.1, -0.05) is 59.7 Å². The molecule has 0 heterocycles. The summed E-state index contributed by atoms with van der Waals surface area (Å²) in [6.07, 6.45) is 0. The van der Waals surface area contributed by atoms with Gasteiger partial charge in [0.15, 0.2) is 6.79 Å². The molecule has 2 aromatic carbocycles. The van der Waals surface area contributed by atoms with Gasteiger partial charge in [0.25, 0.3) is 0 Å². The van der Waals surface area contributed by atoms with Gasteiger partial charge in [-0.3, -0.25) is 0 Å². The highest BCUT2D eigenvalue weighted by Crippen LogP contribution is 2.34. The lowest BCUT2D eigenvalue weighted by atomic mass is 9.85. The molecule has 3 nitrogen and oxygen atoms in total. The first-order chi connectivity index (χ1) is 13.0. The minimum atomic E-state index is 0.00162. The van der Waals surface area contributed by atoms with Crippen LogP contribution in [0.1, 0.15) is 58.2 Å². The molecule has 4 heteroatoms. The van der Waals surface area contributed by atoms with Crippen LogP contribution in [0.4, 0.5) is 0 Å². The van der Waals surface area contributed by atoms with E-state index in [2.05, 4.69) is 90.2 Å². The molecule has 28 heavy (non-hydrogen) atoms. The molecule has 0 fully saturated rings. The van der Waals surface area contributed by atoms with Crippen LogP contribution in [0.25, 0.3) is 0 Å². The SMILES string of the molecule is COCOc1c(Pc2ccccc2CNC(C)(C)C)cc(C)cc1C(C)(C)C. The first-order valence-corrected chi connectivity index (χ1v) is 10.9. The molecule has 1 unspecified atom stereocenters. The van der Waals surface area contributed by atoms with E-state index in [9.17, 15) is 0 Å². The second-order valence-corrected chi connectivity index (χ2v) is 10.7. The first-order valence-electron chi connectivity index (χ1n) is 9.88. The average molecular weight is 402 g/mol. The van der Waals surface area contributed by atoms with E-state index in [1.54, 1.807) is 7.11 Å². The molecule has 0 aliphatic rings. The van der Waals surface area contributed by atoms with E-state index in [-0.39, 0.29) is 17.7 Å². The lowest BCUT2D eigenvalue weighted by molar-refractivity contribution is 0.0506. The van der Waals surface area contributed by atoms with Gasteiger partial charge in [-0.2, -0.15) is 0 Å². The molecule has 0 bridgehead atoms. The number of nitrogens with one attached hydrogen (secondary N) is 1. The molecule has 1 atom stereocenters. The van der Waals surface area contributed by atoms with Crippen molar-refractivity contribution in [2.45, 2.75) is 66.0 Å². The third kappa shape index (κ3) is 6.58. The zero-order valence-corrected chi connectivity index (χ0v) is 19.7. The number of benzene rings is 2. The van der Waals surface area contributed by atoms with Gasteiger partial charge in [0.05, 0.1) is 0 Å².